The molecule has 0 saturated carbocycles. The van der Waals surface area contributed by atoms with E-state index in [1.165, 1.54) is 17.7 Å². The molecule has 0 spiro atoms. The Labute approximate surface area is 116 Å². The van der Waals surface area contributed by atoms with E-state index in [2.05, 4.69) is 10.6 Å². The molecule has 0 unspecified atom stereocenters. The minimum absolute atomic E-state index is 0.102. The van der Waals surface area contributed by atoms with Crippen molar-refractivity contribution in [2.24, 2.45) is 0 Å². The highest BCUT2D eigenvalue weighted by Gasteiger charge is 2.25. The number of nitrogens with one attached hydrogen (secondary N) is 2. The lowest BCUT2D eigenvalue weighted by atomic mass is 10.1. The number of ketones is 1. The first kappa shape index (κ1) is 12.7. The van der Waals surface area contributed by atoms with E-state index >= 15 is 0 Å². The van der Waals surface area contributed by atoms with Gasteiger partial charge in [0.05, 0.1) is 12.6 Å². The molecular formula is C16H15FN2O. The van der Waals surface area contributed by atoms with Gasteiger partial charge in [0.1, 0.15) is 5.82 Å². The zero-order valence-electron chi connectivity index (χ0n) is 10.9. The van der Waals surface area contributed by atoms with Crippen molar-refractivity contribution in [1.82, 2.24) is 0 Å². The number of Topliss-reactive ketones (excluding diaryl/α,β-unsaturated/α-hetero) is 1. The summed E-state index contributed by atoms with van der Waals surface area (Å²) in [6.07, 6.45) is 0.722. The van der Waals surface area contributed by atoms with E-state index in [-0.39, 0.29) is 24.2 Å². The first-order valence-corrected chi connectivity index (χ1v) is 6.59. The molecule has 102 valence electrons. The summed E-state index contributed by atoms with van der Waals surface area (Å²) < 4.78 is 12.8. The number of halogens is 1. The van der Waals surface area contributed by atoms with Crippen LogP contribution in [-0.2, 0) is 11.2 Å². The molecular weight excluding hydrogens is 255 g/mol. The lowest BCUT2D eigenvalue weighted by Crippen LogP contribution is -2.32. The highest BCUT2D eigenvalue weighted by atomic mass is 19.1. The van der Waals surface area contributed by atoms with Gasteiger partial charge in [-0.05, 0) is 35.9 Å². The summed E-state index contributed by atoms with van der Waals surface area (Å²) in [5, 5.41) is 6.25. The van der Waals surface area contributed by atoms with Crippen LogP contribution in [0.4, 0.5) is 15.8 Å². The molecule has 0 fully saturated rings. The van der Waals surface area contributed by atoms with Crippen molar-refractivity contribution < 1.29 is 9.18 Å². The van der Waals surface area contributed by atoms with Crippen molar-refractivity contribution in [2.45, 2.75) is 12.5 Å². The molecule has 1 atom stereocenters. The van der Waals surface area contributed by atoms with Gasteiger partial charge in [-0.2, -0.15) is 0 Å². The van der Waals surface area contributed by atoms with Crippen molar-refractivity contribution in [1.29, 1.82) is 0 Å². The fourth-order valence-corrected chi connectivity index (χ4v) is 2.37. The van der Waals surface area contributed by atoms with Crippen LogP contribution in [0.1, 0.15) is 5.56 Å². The molecule has 1 aliphatic rings. The third kappa shape index (κ3) is 2.64. The fraction of sp³-hybridized carbons (Fsp3) is 0.188. The average Bonchev–Trinajstić information content (AvgIpc) is 2.90. The van der Waals surface area contributed by atoms with Gasteiger partial charge < -0.3 is 10.6 Å². The molecule has 3 nitrogen and oxygen atoms in total. The molecule has 2 aromatic rings. The van der Waals surface area contributed by atoms with Crippen LogP contribution in [0.15, 0.2) is 48.5 Å². The highest BCUT2D eigenvalue weighted by molar-refractivity contribution is 5.92. The summed E-state index contributed by atoms with van der Waals surface area (Å²) in [4.78, 5) is 12.2. The van der Waals surface area contributed by atoms with Gasteiger partial charge in [-0.1, -0.05) is 18.2 Å². The van der Waals surface area contributed by atoms with Gasteiger partial charge in [0, 0.05) is 17.8 Å². The number of hydrogen-bond donors (Lipinski definition) is 2. The smallest absolute Gasteiger partial charge is 0.174 e. The Morgan fingerprint density at radius 1 is 1.20 bits per heavy atom. The van der Waals surface area contributed by atoms with E-state index in [4.69, 9.17) is 0 Å². The largest absolute Gasteiger partial charge is 0.378 e. The molecule has 0 amide bonds. The van der Waals surface area contributed by atoms with E-state index in [1.54, 1.807) is 12.1 Å². The normalized spacial score (nSPS) is 16.4. The van der Waals surface area contributed by atoms with Crippen molar-refractivity contribution in [2.75, 3.05) is 17.2 Å². The number of anilines is 2. The second-order valence-electron chi connectivity index (χ2n) is 4.88. The summed E-state index contributed by atoms with van der Waals surface area (Å²) in [5.74, 6) is -0.180. The fourth-order valence-electron chi connectivity index (χ4n) is 2.37. The van der Waals surface area contributed by atoms with Gasteiger partial charge in [0.2, 0.25) is 0 Å². The molecule has 1 aliphatic heterocycles. The lowest BCUT2D eigenvalue weighted by Gasteiger charge is -2.11. The second-order valence-corrected chi connectivity index (χ2v) is 4.88. The van der Waals surface area contributed by atoms with Crippen LogP contribution in [0.3, 0.4) is 0 Å². The quantitative estimate of drug-likeness (QED) is 0.897. The monoisotopic (exact) mass is 270 g/mol. The first-order chi connectivity index (χ1) is 9.72. The van der Waals surface area contributed by atoms with Crippen molar-refractivity contribution in [3.8, 4) is 0 Å². The lowest BCUT2D eigenvalue weighted by molar-refractivity contribution is -0.118. The standard InChI is InChI=1S/C16H15FN2O/c17-12-5-7-13(8-6-12)18-10-16(20)15-9-11-3-1-2-4-14(11)19-15/h1-8,15,18-19H,9-10H2/t15-/m0/s1. The van der Waals surface area contributed by atoms with Crippen LogP contribution in [0.25, 0.3) is 0 Å². The third-order valence-electron chi connectivity index (χ3n) is 3.47. The molecule has 20 heavy (non-hydrogen) atoms. The van der Waals surface area contributed by atoms with Crippen molar-refractivity contribution in [3.05, 3.63) is 59.9 Å². The Kier molecular flexibility index (Phi) is 3.37. The summed E-state index contributed by atoms with van der Waals surface area (Å²) in [6, 6.07) is 13.8. The van der Waals surface area contributed by atoms with E-state index < -0.39 is 0 Å². The zero-order valence-corrected chi connectivity index (χ0v) is 10.9. The Balaban J connectivity index is 1.57. The summed E-state index contributed by atoms with van der Waals surface area (Å²) >= 11 is 0. The van der Waals surface area contributed by atoms with Crippen LogP contribution in [0.5, 0.6) is 0 Å². The molecule has 0 saturated heterocycles. The van der Waals surface area contributed by atoms with Crippen molar-refractivity contribution >= 4 is 17.2 Å². The number of fused-ring (bicyclic) bond motifs is 1. The van der Waals surface area contributed by atoms with Gasteiger partial charge in [0.25, 0.3) is 0 Å². The minimum atomic E-state index is -0.283. The Hall–Kier alpha value is -2.36. The van der Waals surface area contributed by atoms with Crippen molar-refractivity contribution in [3.63, 3.8) is 0 Å². The van der Waals surface area contributed by atoms with Crippen LogP contribution < -0.4 is 10.6 Å². The van der Waals surface area contributed by atoms with Gasteiger partial charge in [-0.25, -0.2) is 4.39 Å². The van der Waals surface area contributed by atoms with Crippen LogP contribution in [0, 0.1) is 5.82 Å². The predicted molar refractivity (Wildman–Crippen MR) is 77.5 cm³/mol. The molecule has 0 bridgehead atoms. The van der Waals surface area contributed by atoms with Crippen LogP contribution in [0.2, 0.25) is 0 Å². The van der Waals surface area contributed by atoms with Gasteiger partial charge in [-0.3, -0.25) is 4.79 Å². The van der Waals surface area contributed by atoms with E-state index in [1.807, 2.05) is 24.3 Å². The molecule has 0 aliphatic carbocycles. The number of para-hydroxylation sites is 1. The molecule has 3 rings (SSSR count). The number of rotatable bonds is 4. The Morgan fingerprint density at radius 3 is 2.70 bits per heavy atom. The first-order valence-electron chi connectivity index (χ1n) is 6.59. The van der Waals surface area contributed by atoms with E-state index in [0.717, 1.165) is 17.8 Å². The SMILES string of the molecule is O=C(CNc1ccc(F)cc1)[C@@H]1Cc2ccccc2N1. The number of hydrogen-bond acceptors (Lipinski definition) is 3. The summed E-state index contributed by atoms with van der Waals surface area (Å²) in [5.41, 5.74) is 2.95. The van der Waals surface area contributed by atoms with E-state index in [9.17, 15) is 9.18 Å². The van der Waals surface area contributed by atoms with Gasteiger partial charge in [0.15, 0.2) is 5.78 Å². The summed E-state index contributed by atoms with van der Waals surface area (Å²) in [6.45, 7) is 0.233. The molecule has 0 aromatic heterocycles. The van der Waals surface area contributed by atoms with Gasteiger partial charge in [-0.15, -0.1) is 0 Å². The third-order valence-corrected chi connectivity index (χ3v) is 3.47. The Morgan fingerprint density at radius 2 is 1.95 bits per heavy atom. The number of benzene rings is 2. The maximum Gasteiger partial charge on any atom is 0.174 e. The zero-order chi connectivity index (χ0) is 13.9. The van der Waals surface area contributed by atoms with Crippen LogP contribution >= 0.6 is 0 Å². The molecule has 2 aromatic carbocycles. The molecule has 4 heteroatoms. The molecule has 0 radical (unpaired) electrons. The maximum absolute atomic E-state index is 12.8. The second kappa shape index (κ2) is 5.33. The summed E-state index contributed by atoms with van der Waals surface area (Å²) in [7, 11) is 0. The van der Waals surface area contributed by atoms with Gasteiger partial charge >= 0.3 is 0 Å². The minimum Gasteiger partial charge on any atom is -0.378 e. The maximum atomic E-state index is 12.8. The molecule has 1 heterocycles. The highest BCUT2D eigenvalue weighted by Crippen LogP contribution is 2.25. The number of carbonyl (C=O) groups is 1. The number of carbonyl (C=O) groups excluding carboxylic acids is 1. The predicted octanol–water partition coefficient (Wildman–Crippen LogP) is 2.84. The van der Waals surface area contributed by atoms with Crippen LogP contribution in [-0.4, -0.2) is 18.4 Å². The topological polar surface area (TPSA) is 41.1 Å². The van der Waals surface area contributed by atoms with E-state index in [0.29, 0.717) is 0 Å². The average molecular weight is 270 g/mol. The molecule has 2 N–H and O–H groups in total. The Bertz CT molecular complexity index is 600.